The van der Waals surface area contributed by atoms with Crippen LogP contribution in [0.25, 0.3) is 0 Å². The van der Waals surface area contributed by atoms with Crippen molar-refractivity contribution < 1.29 is 0 Å². The quantitative estimate of drug-likeness (QED) is 0.636. The molecule has 11 heavy (non-hydrogen) atoms. The highest BCUT2D eigenvalue weighted by Gasteiger charge is 1.98. The maximum absolute atomic E-state index is 5.93. The van der Waals surface area contributed by atoms with Crippen molar-refractivity contribution in [1.29, 1.82) is 0 Å². The van der Waals surface area contributed by atoms with E-state index in [2.05, 4.69) is 19.1 Å². The first-order chi connectivity index (χ1) is 5.27. The Hall–Kier alpha value is -0.140. The van der Waals surface area contributed by atoms with Crippen LogP contribution in [-0.4, -0.2) is 6.26 Å². The first-order valence-electron chi connectivity index (χ1n) is 3.60. The Labute approximate surface area is 77.0 Å². The van der Waals surface area contributed by atoms with Crippen LogP contribution in [0.5, 0.6) is 0 Å². The largest absolute Gasteiger partial charge is 0.128 e. The number of aryl methyl sites for hydroxylation is 1. The lowest BCUT2D eigenvalue weighted by Gasteiger charge is -2.02. The molecule has 0 aliphatic heterocycles. The third-order valence-corrected chi connectivity index (χ3v) is 2.84. The molecule has 0 spiro atoms. The molecule has 0 aliphatic carbocycles. The molecule has 0 aliphatic rings. The second kappa shape index (κ2) is 4.03. The molecule has 1 aromatic carbocycles. The Morgan fingerprint density at radius 3 is 2.73 bits per heavy atom. The number of halogens is 1. The van der Waals surface area contributed by atoms with Gasteiger partial charge in [-0.1, -0.05) is 24.6 Å². The fourth-order valence-corrected chi connectivity index (χ4v) is 1.81. The second-order valence-electron chi connectivity index (χ2n) is 2.32. The molecule has 0 heterocycles. The maximum Gasteiger partial charge on any atom is 0.0541 e. The van der Waals surface area contributed by atoms with E-state index in [1.54, 1.807) is 11.8 Å². The Morgan fingerprint density at radius 2 is 2.18 bits per heavy atom. The average Bonchev–Trinajstić information content (AvgIpc) is 2.05. The highest BCUT2D eigenvalue weighted by molar-refractivity contribution is 7.98. The van der Waals surface area contributed by atoms with Gasteiger partial charge in [0.15, 0.2) is 0 Å². The summed E-state index contributed by atoms with van der Waals surface area (Å²) in [5, 5.41) is 0.856. The fourth-order valence-electron chi connectivity index (χ4n) is 0.924. The van der Waals surface area contributed by atoms with Crippen LogP contribution in [0.15, 0.2) is 23.1 Å². The van der Waals surface area contributed by atoms with Crippen LogP contribution in [0.2, 0.25) is 5.02 Å². The van der Waals surface area contributed by atoms with Gasteiger partial charge in [-0.3, -0.25) is 0 Å². The second-order valence-corrected chi connectivity index (χ2v) is 3.58. The monoisotopic (exact) mass is 186 g/mol. The molecular weight excluding hydrogens is 176 g/mol. The normalized spacial score (nSPS) is 10.1. The first kappa shape index (κ1) is 8.95. The van der Waals surface area contributed by atoms with Gasteiger partial charge in [0, 0.05) is 4.90 Å². The summed E-state index contributed by atoms with van der Waals surface area (Å²) >= 11 is 7.63. The number of hydrogen-bond donors (Lipinski definition) is 0. The van der Waals surface area contributed by atoms with E-state index in [0.29, 0.717) is 0 Å². The van der Waals surface area contributed by atoms with Gasteiger partial charge >= 0.3 is 0 Å². The molecule has 0 bridgehead atoms. The van der Waals surface area contributed by atoms with Crippen LogP contribution in [-0.2, 0) is 6.42 Å². The van der Waals surface area contributed by atoms with Crippen molar-refractivity contribution in [2.75, 3.05) is 6.26 Å². The third kappa shape index (κ3) is 2.14. The summed E-state index contributed by atoms with van der Waals surface area (Å²) in [5.41, 5.74) is 1.35. The van der Waals surface area contributed by atoms with Crippen molar-refractivity contribution in [3.05, 3.63) is 28.8 Å². The Morgan fingerprint density at radius 1 is 1.45 bits per heavy atom. The van der Waals surface area contributed by atoms with Gasteiger partial charge in [0.1, 0.15) is 0 Å². The van der Waals surface area contributed by atoms with Gasteiger partial charge in [-0.25, -0.2) is 0 Å². The summed E-state index contributed by atoms with van der Waals surface area (Å²) in [6.07, 6.45) is 3.12. The summed E-state index contributed by atoms with van der Waals surface area (Å²) in [4.78, 5) is 1.17. The summed E-state index contributed by atoms with van der Waals surface area (Å²) in [6, 6.07) is 6.18. The lowest BCUT2D eigenvalue weighted by atomic mass is 10.2. The Kier molecular flexibility index (Phi) is 3.28. The molecule has 0 saturated carbocycles. The number of thioether (sulfide) groups is 1. The van der Waals surface area contributed by atoms with E-state index < -0.39 is 0 Å². The fraction of sp³-hybridized carbons (Fsp3) is 0.333. The van der Waals surface area contributed by atoms with Crippen molar-refractivity contribution in [2.24, 2.45) is 0 Å². The Balaban J connectivity index is 3.02. The zero-order valence-corrected chi connectivity index (χ0v) is 8.30. The van der Waals surface area contributed by atoms with Gasteiger partial charge in [-0.05, 0) is 30.4 Å². The van der Waals surface area contributed by atoms with Crippen LogP contribution in [0.1, 0.15) is 12.5 Å². The van der Waals surface area contributed by atoms with Crippen molar-refractivity contribution in [3.63, 3.8) is 0 Å². The summed E-state index contributed by atoms with van der Waals surface area (Å²) < 4.78 is 0. The minimum atomic E-state index is 0.856. The highest BCUT2D eigenvalue weighted by atomic mass is 35.5. The van der Waals surface area contributed by atoms with Crippen LogP contribution in [0.4, 0.5) is 0 Å². The maximum atomic E-state index is 5.93. The molecule has 2 heteroatoms. The van der Waals surface area contributed by atoms with E-state index >= 15 is 0 Å². The summed E-state index contributed by atoms with van der Waals surface area (Å²) in [6.45, 7) is 2.15. The average molecular weight is 187 g/mol. The van der Waals surface area contributed by atoms with Crippen LogP contribution in [0.3, 0.4) is 0 Å². The molecule has 1 aromatic rings. The third-order valence-electron chi connectivity index (χ3n) is 1.62. The van der Waals surface area contributed by atoms with Crippen molar-refractivity contribution in [1.82, 2.24) is 0 Å². The lowest BCUT2D eigenvalue weighted by molar-refractivity contribution is 1.12. The predicted molar refractivity (Wildman–Crippen MR) is 52.6 cm³/mol. The van der Waals surface area contributed by atoms with Crippen LogP contribution in [0, 0.1) is 0 Å². The zero-order valence-electron chi connectivity index (χ0n) is 6.73. The molecule has 0 N–H and O–H groups in total. The molecule has 0 saturated heterocycles. The molecule has 0 radical (unpaired) electrons. The van der Waals surface area contributed by atoms with Crippen molar-refractivity contribution in [2.45, 2.75) is 18.2 Å². The predicted octanol–water partition coefficient (Wildman–Crippen LogP) is 3.62. The molecule has 0 fully saturated rings. The van der Waals surface area contributed by atoms with Gasteiger partial charge in [-0.15, -0.1) is 11.8 Å². The van der Waals surface area contributed by atoms with Crippen LogP contribution >= 0.6 is 23.4 Å². The molecule has 0 aromatic heterocycles. The summed E-state index contributed by atoms with van der Waals surface area (Å²) in [7, 11) is 0. The SMILES string of the molecule is CCc1ccc(Cl)c(SC)c1. The summed E-state index contributed by atoms with van der Waals surface area (Å²) in [5.74, 6) is 0. The van der Waals surface area contributed by atoms with E-state index in [-0.39, 0.29) is 0 Å². The van der Waals surface area contributed by atoms with E-state index in [4.69, 9.17) is 11.6 Å². The van der Waals surface area contributed by atoms with Crippen molar-refractivity contribution in [3.8, 4) is 0 Å². The highest BCUT2D eigenvalue weighted by Crippen LogP contribution is 2.26. The standard InChI is InChI=1S/C9H11ClS/c1-3-7-4-5-8(10)9(6-7)11-2/h4-6H,3H2,1-2H3. The Bertz CT molecular complexity index is 245. The first-order valence-corrected chi connectivity index (χ1v) is 5.20. The minimum Gasteiger partial charge on any atom is -0.128 e. The smallest absolute Gasteiger partial charge is 0.0541 e. The van der Waals surface area contributed by atoms with E-state index in [1.807, 2.05) is 12.3 Å². The molecule has 0 amide bonds. The number of hydrogen-bond acceptors (Lipinski definition) is 1. The molecular formula is C9H11ClS. The van der Waals surface area contributed by atoms with Crippen molar-refractivity contribution >= 4 is 23.4 Å². The van der Waals surface area contributed by atoms with Gasteiger partial charge in [0.25, 0.3) is 0 Å². The minimum absolute atomic E-state index is 0.856. The van der Waals surface area contributed by atoms with Gasteiger partial charge < -0.3 is 0 Å². The lowest BCUT2D eigenvalue weighted by Crippen LogP contribution is -1.80. The van der Waals surface area contributed by atoms with E-state index in [0.717, 1.165) is 11.4 Å². The zero-order chi connectivity index (χ0) is 8.27. The molecule has 0 atom stereocenters. The number of benzene rings is 1. The molecule has 1 rings (SSSR count). The van der Waals surface area contributed by atoms with E-state index in [9.17, 15) is 0 Å². The molecule has 0 nitrogen and oxygen atoms in total. The number of rotatable bonds is 2. The van der Waals surface area contributed by atoms with Gasteiger partial charge in [0.05, 0.1) is 5.02 Å². The molecule has 0 unspecified atom stereocenters. The molecule has 60 valence electrons. The topological polar surface area (TPSA) is 0 Å². The van der Waals surface area contributed by atoms with E-state index in [1.165, 1.54) is 10.5 Å². The van der Waals surface area contributed by atoms with Gasteiger partial charge in [0.2, 0.25) is 0 Å². The van der Waals surface area contributed by atoms with Crippen LogP contribution < -0.4 is 0 Å². The van der Waals surface area contributed by atoms with Gasteiger partial charge in [-0.2, -0.15) is 0 Å².